The van der Waals surface area contributed by atoms with Crippen molar-refractivity contribution in [3.8, 4) is 0 Å². The fourth-order valence-corrected chi connectivity index (χ4v) is 4.02. The fraction of sp³-hybridized carbons (Fsp3) is 0.278. The molecule has 0 saturated carbocycles. The summed E-state index contributed by atoms with van der Waals surface area (Å²) >= 11 is 0. The number of nitrogens with one attached hydrogen (secondary N) is 1. The zero-order valence-corrected chi connectivity index (χ0v) is 15.8. The zero-order valence-electron chi connectivity index (χ0n) is 15.0. The Morgan fingerprint density at radius 1 is 1.04 bits per heavy atom. The monoisotopic (exact) mass is 400 g/mol. The number of carbonyl (C=O) groups excluding carboxylic acids is 1. The average Bonchev–Trinajstić information content (AvgIpc) is 2.63. The first kappa shape index (κ1) is 20.9. The number of nitrogens with zero attached hydrogens (tertiary/aromatic N) is 1. The highest BCUT2D eigenvalue weighted by Crippen LogP contribution is 2.23. The Hall–Kier alpha value is -2.39. The molecule has 0 aliphatic rings. The Morgan fingerprint density at radius 2 is 1.67 bits per heavy atom. The second kappa shape index (κ2) is 8.10. The van der Waals surface area contributed by atoms with Gasteiger partial charge in [0.15, 0.2) is 17.5 Å². The average molecular weight is 400 g/mol. The van der Waals surface area contributed by atoms with Gasteiger partial charge in [-0.05, 0) is 36.8 Å². The minimum Gasteiger partial charge on any atom is -0.319 e. The van der Waals surface area contributed by atoms with Crippen LogP contribution >= 0.6 is 0 Å². The Balaban J connectivity index is 2.42. The van der Waals surface area contributed by atoms with Crippen molar-refractivity contribution in [3.05, 3.63) is 58.9 Å². The molecule has 5 nitrogen and oxygen atoms in total. The van der Waals surface area contributed by atoms with Crippen molar-refractivity contribution in [3.63, 3.8) is 0 Å². The van der Waals surface area contributed by atoms with Crippen molar-refractivity contribution in [2.24, 2.45) is 0 Å². The SMILES string of the molecule is CCN(CC)S(=O)(=O)c1ccc(C)c(C(=O)Nc2ccc(F)c(F)c2F)c1. The number of sulfonamides is 1. The maximum atomic E-state index is 13.8. The number of carbonyl (C=O) groups is 1. The standard InChI is InChI=1S/C18H19F3N2O3S/c1-4-23(5-2)27(25,26)12-7-6-11(3)13(10-12)18(24)22-15-9-8-14(19)16(20)17(15)21/h6-10H,4-5H2,1-3H3,(H,22,24). The van der Waals surface area contributed by atoms with E-state index in [-0.39, 0.29) is 23.5 Å². The van der Waals surface area contributed by atoms with Crippen LogP contribution in [0.5, 0.6) is 0 Å². The summed E-state index contributed by atoms with van der Waals surface area (Å²) in [5, 5.41) is 2.14. The van der Waals surface area contributed by atoms with E-state index in [4.69, 9.17) is 0 Å². The molecule has 0 unspecified atom stereocenters. The smallest absolute Gasteiger partial charge is 0.256 e. The van der Waals surface area contributed by atoms with Gasteiger partial charge in [-0.15, -0.1) is 0 Å². The van der Waals surface area contributed by atoms with Gasteiger partial charge >= 0.3 is 0 Å². The van der Waals surface area contributed by atoms with E-state index >= 15 is 0 Å². The lowest BCUT2D eigenvalue weighted by atomic mass is 10.1. The molecule has 1 N–H and O–H groups in total. The summed E-state index contributed by atoms with van der Waals surface area (Å²) in [6.07, 6.45) is 0. The molecular formula is C18H19F3N2O3S. The third-order valence-electron chi connectivity index (χ3n) is 4.08. The van der Waals surface area contributed by atoms with Crippen molar-refractivity contribution in [2.45, 2.75) is 25.7 Å². The van der Waals surface area contributed by atoms with Gasteiger partial charge in [-0.1, -0.05) is 19.9 Å². The molecule has 0 bridgehead atoms. The molecule has 0 aliphatic carbocycles. The van der Waals surface area contributed by atoms with Gasteiger partial charge in [0.1, 0.15) is 0 Å². The van der Waals surface area contributed by atoms with Crippen LogP contribution in [0.1, 0.15) is 29.8 Å². The minimum atomic E-state index is -3.80. The number of rotatable bonds is 6. The molecule has 146 valence electrons. The topological polar surface area (TPSA) is 66.5 Å². The van der Waals surface area contributed by atoms with Crippen molar-refractivity contribution >= 4 is 21.6 Å². The highest BCUT2D eigenvalue weighted by Gasteiger charge is 2.24. The summed E-state index contributed by atoms with van der Waals surface area (Å²) in [6.45, 7) is 5.47. The molecule has 0 fully saturated rings. The highest BCUT2D eigenvalue weighted by molar-refractivity contribution is 7.89. The maximum absolute atomic E-state index is 13.8. The van der Waals surface area contributed by atoms with Gasteiger partial charge in [-0.2, -0.15) is 4.31 Å². The van der Waals surface area contributed by atoms with E-state index in [1.54, 1.807) is 20.8 Å². The van der Waals surface area contributed by atoms with Crippen molar-refractivity contribution in [2.75, 3.05) is 18.4 Å². The van der Waals surface area contributed by atoms with Gasteiger partial charge in [0.2, 0.25) is 10.0 Å². The van der Waals surface area contributed by atoms with Gasteiger partial charge in [-0.3, -0.25) is 4.79 Å². The molecule has 0 aliphatic heterocycles. The predicted octanol–water partition coefficient (Wildman–Crippen LogP) is 3.70. The molecule has 0 heterocycles. The second-order valence-corrected chi connectivity index (χ2v) is 7.68. The van der Waals surface area contributed by atoms with E-state index in [1.165, 1.54) is 22.5 Å². The van der Waals surface area contributed by atoms with Crippen molar-refractivity contribution in [1.82, 2.24) is 4.31 Å². The summed E-state index contributed by atoms with van der Waals surface area (Å²) in [6, 6.07) is 5.57. The minimum absolute atomic E-state index is 0.0210. The highest BCUT2D eigenvalue weighted by atomic mass is 32.2. The van der Waals surface area contributed by atoms with Crippen LogP contribution in [0, 0.1) is 24.4 Å². The summed E-state index contributed by atoms with van der Waals surface area (Å²) in [5.41, 5.74) is -0.128. The van der Waals surface area contributed by atoms with Crippen LogP contribution < -0.4 is 5.32 Å². The largest absolute Gasteiger partial charge is 0.319 e. The first-order valence-electron chi connectivity index (χ1n) is 8.19. The lowest BCUT2D eigenvalue weighted by Gasteiger charge is -2.19. The summed E-state index contributed by atoms with van der Waals surface area (Å²) in [4.78, 5) is 12.4. The van der Waals surface area contributed by atoms with Crippen LogP contribution in [0.4, 0.5) is 18.9 Å². The van der Waals surface area contributed by atoms with Crippen LogP contribution in [0.2, 0.25) is 0 Å². The Morgan fingerprint density at radius 3 is 2.26 bits per heavy atom. The van der Waals surface area contributed by atoms with Gasteiger partial charge in [0.25, 0.3) is 5.91 Å². The Labute approximate surface area is 155 Å². The van der Waals surface area contributed by atoms with Crippen LogP contribution in [-0.4, -0.2) is 31.7 Å². The van der Waals surface area contributed by atoms with Gasteiger partial charge in [0, 0.05) is 18.7 Å². The number of anilines is 1. The Bertz CT molecular complexity index is 974. The van der Waals surface area contributed by atoms with Gasteiger partial charge in [-0.25, -0.2) is 21.6 Å². The van der Waals surface area contributed by atoms with Crippen LogP contribution in [0.15, 0.2) is 35.2 Å². The van der Waals surface area contributed by atoms with Crippen LogP contribution in [-0.2, 0) is 10.0 Å². The van der Waals surface area contributed by atoms with Crippen molar-refractivity contribution in [1.29, 1.82) is 0 Å². The molecule has 0 atom stereocenters. The second-order valence-electron chi connectivity index (χ2n) is 5.74. The quantitative estimate of drug-likeness (QED) is 0.752. The van der Waals surface area contributed by atoms with E-state index in [0.29, 0.717) is 11.6 Å². The maximum Gasteiger partial charge on any atom is 0.256 e. The number of aryl methyl sites for hydroxylation is 1. The fourth-order valence-electron chi connectivity index (χ4n) is 2.53. The summed E-state index contributed by atoms with van der Waals surface area (Å²) < 4.78 is 66.6. The number of halogens is 3. The normalized spacial score (nSPS) is 11.7. The molecule has 2 aromatic rings. The van der Waals surface area contributed by atoms with Gasteiger partial charge in [0.05, 0.1) is 10.6 Å². The first-order chi connectivity index (χ1) is 12.6. The number of amides is 1. The molecule has 0 aromatic heterocycles. The summed E-state index contributed by atoms with van der Waals surface area (Å²) in [7, 11) is -3.80. The molecule has 27 heavy (non-hydrogen) atoms. The third kappa shape index (κ3) is 4.14. The molecule has 0 spiro atoms. The third-order valence-corrected chi connectivity index (χ3v) is 6.13. The molecule has 0 saturated heterocycles. The molecule has 2 aromatic carbocycles. The molecule has 2 rings (SSSR count). The molecule has 0 radical (unpaired) electrons. The molecule has 1 amide bonds. The lowest BCUT2D eigenvalue weighted by Crippen LogP contribution is -2.30. The van der Waals surface area contributed by atoms with E-state index in [9.17, 15) is 26.4 Å². The van der Waals surface area contributed by atoms with E-state index in [1.807, 2.05) is 0 Å². The predicted molar refractivity (Wildman–Crippen MR) is 95.6 cm³/mol. The summed E-state index contributed by atoms with van der Waals surface area (Å²) in [5.74, 6) is -5.46. The van der Waals surface area contributed by atoms with Crippen molar-refractivity contribution < 1.29 is 26.4 Å². The van der Waals surface area contributed by atoms with E-state index < -0.39 is 39.1 Å². The van der Waals surface area contributed by atoms with Gasteiger partial charge < -0.3 is 5.32 Å². The number of hydrogen-bond donors (Lipinski definition) is 1. The zero-order chi connectivity index (χ0) is 20.4. The van der Waals surface area contributed by atoms with Crippen LogP contribution in [0.3, 0.4) is 0 Å². The lowest BCUT2D eigenvalue weighted by molar-refractivity contribution is 0.102. The van der Waals surface area contributed by atoms with E-state index in [2.05, 4.69) is 5.32 Å². The molecular weight excluding hydrogens is 381 g/mol. The van der Waals surface area contributed by atoms with E-state index in [0.717, 1.165) is 6.07 Å². The van der Waals surface area contributed by atoms with Crippen LogP contribution in [0.25, 0.3) is 0 Å². The Kier molecular flexibility index (Phi) is 6.27. The number of benzene rings is 2. The molecule has 9 heteroatoms. The first-order valence-corrected chi connectivity index (χ1v) is 9.63. The number of hydrogen-bond acceptors (Lipinski definition) is 3.